The number of nitrogen functional groups attached to an aromatic ring is 1. The van der Waals surface area contributed by atoms with Gasteiger partial charge in [0.05, 0.1) is 0 Å². The Hall–Kier alpha value is -1.53. The van der Waals surface area contributed by atoms with Gasteiger partial charge in [0.1, 0.15) is 5.82 Å². The third-order valence-corrected chi connectivity index (χ3v) is 3.73. The van der Waals surface area contributed by atoms with Crippen molar-refractivity contribution >= 4 is 11.8 Å². The average Bonchev–Trinajstić information content (AvgIpc) is 2.30. The maximum atomic E-state index is 12.7. The Bertz CT molecular complexity index is 475. The molecule has 3 N–H and O–H groups in total. The van der Waals surface area contributed by atoms with Crippen LogP contribution in [0.15, 0.2) is 6.07 Å². The first-order valence-corrected chi connectivity index (χ1v) is 6.64. The zero-order valence-electron chi connectivity index (χ0n) is 11.6. The highest BCUT2D eigenvalue weighted by Crippen LogP contribution is 2.36. The van der Waals surface area contributed by atoms with Crippen LogP contribution in [-0.4, -0.2) is 16.0 Å². The molecule has 0 spiro atoms. The van der Waals surface area contributed by atoms with E-state index >= 15 is 0 Å². The van der Waals surface area contributed by atoms with Crippen LogP contribution >= 0.6 is 0 Å². The molecule has 1 aromatic heterocycles. The number of halogens is 3. The fourth-order valence-electron chi connectivity index (χ4n) is 2.44. The zero-order valence-corrected chi connectivity index (χ0v) is 11.6. The lowest BCUT2D eigenvalue weighted by atomic mass is 9.75. The molecule has 7 heteroatoms. The van der Waals surface area contributed by atoms with Crippen LogP contribution in [0.5, 0.6) is 0 Å². The summed E-state index contributed by atoms with van der Waals surface area (Å²) in [7, 11) is 0. The van der Waals surface area contributed by atoms with E-state index < -0.39 is 11.9 Å². The summed E-state index contributed by atoms with van der Waals surface area (Å²) in [5, 5.41) is 3.04. The lowest BCUT2D eigenvalue weighted by Crippen LogP contribution is -2.30. The quantitative estimate of drug-likeness (QED) is 0.874. The van der Waals surface area contributed by atoms with Crippen molar-refractivity contribution in [3.8, 4) is 0 Å². The molecule has 0 amide bonds. The Balaban J connectivity index is 2.09. The molecular weight excluding hydrogens is 269 g/mol. The molecule has 1 aromatic rings. The highest BCUT2D eigenvalue weighted by molar-refractivity contribution is 5.42. The Morgan fingerprint density at radius 3 is 2.40 bits per heavy atom. The van der Waals surface area contributed by atoms with Gasteiger partial charge in [0.15, 0.2) is 5.69 Å². The van der Waals surface area contributed by atoms with Gasteiger partial charge in [-0.05, 0) is 31.1 Å². The van der Waals surface area contributed by atoms with Gasteiger partial charge < -0.3 is 11.1 Å². The molecule has 0 bridgehead atoms. The van der Waals surface area contributed by atoms with E-state index in [-0.39, 0.29) is 17.8 Å². The summed E-state index contributed by atoms with van der Waals surface area (Å²) < 4.78 is 38.0. The molecule has 0 radical (unpaired) electrons. The molecule has 1 heterocycles. The van der Waals surface area contributed by atoms with E-state index in [0.29, 0.717) is 5.41 Å². The Kier molecular flexibility index (Phi) is 3.80. The van der Waals surface area contributed by atoms with Crippen LogP contribution in [0.3, 0.4) is 0 Å². The number of hydrogen-bond acceptors (Lipinski definition) is 4. The van der Waals surface area contributed by atoms with Gasteiger partial charge in [-0.25, -0.2) is 4.98 Å². The van der Waals surface area contributed by atoms with Gasteiger partial charge in [-0.15, -0.1) is 0 Å². The van der Waals surface area contributed by atoms with Gasteiger partial charge in [0.2, 0.25) is 5.95 Å². The van der Waals surface area contributed by atoms with Gasteiger partial charge in [-0.3, -0.25) is 0 Å². The van der Waals surface area contributed by atoms with Gasteiger partial charge >= 0.3 is 6.18 Å². The molecule has 0 aromatic carbocycles. The number of rotatable bonds is 2. The molecule has 4 nitrogen and oxygen atoms in total. The van der Waals surface area contributed by atoms with Crippen molar-refractivity contribution in [1.82, 2.24) is 9.97 Å². The minimum Gasteiger partial charge on any atom is -0.368 e. The van der Waals surface area contributed by atoms with Crippen LogP contribution in [0.25, 0.3) is 0 Å². The third kappa shape index (κ3) is 3.74. The van der Waals surface area contributed by atoms with Crippen LogP contribution in [0.1, 0.15) is 45.2 Å². The molecular formula is C13H19F3N4. The molecule has 20 heavy (non-hydrogen) atoms. The molecule has 0 unspecified atom stereocenters. The van der Waals surface area contributed by atoms with Crippen LogP contribution in [-0.2, 0) is 6.18 Å². The number of anilines is 2. The van der Waals surface area contributed by atoms with Crippen molar-refractivity contribution < 1.29 is 13.2 Å². The van der Waals surface area contributed by atoms with Crippen molar-refractivity contribution in [1.29, 1.82) is 0 Å². The topological polar surface area (TPSA) is 63.8 Å². The maximum Gasteiger partial charge on any atom is 0.433 e. The third-order valence-electron chi connectivity index (χ3n) is 3.73. The highest BCUT2D eigenvalue weighted by Gasteiger charge is 2.34. The summed E-state index contributed by atoms with van der Waals surface area (Å²) in [5.74, 6) is -0.215. The lowest BCUT2D eigenvalue weighted by molar-refractivity contribution is -0.141. The van der Waals surface area contributed by atoms with E-state index in [2.05, 4.69) is 29.1 Å². The Morgan fingerprint density at radius 1 is 1.25 bits per heavy atom. The number of nitrogens with one attached hydrogen (secondary N) is 1. The standard InChI is InChI=1S/C13H19F3N4/c1-12(2)5-3-8(4-6-12)18-10-7-9(13(14,15)16)19-11(17)20-10/h7-8H,3-6H2,1-2H3,(H3,17,18,19,20). The Morgan fingerprint density at radius 2 is 1.85 bits per heavy atom. The normalized spacial score (nSPS) is 19.9. The monoisotopic (exact) mass is 288 g/mol. The molecule has 0 saturated heterocycles. The van der Waals surface area contributed by atoms with Crippen LogP contribution in [0.2, 0.25) is 0 Å². The first-order chi connectivity index (χ1) is 9.16. The molecule has 1 fully saturated rings. The van der Waals surface area contributed by atoms with E-state index in [0.717, 1.165) is 31.7 Å². The second-order valence-electron chi connectivity index (χ2n) is 6.08. The fourth-order valence-corrected chi connectivity index (χ4v) is 2.44. The van der Waals surface area contributed by atoms with Gasteiger partial charge in [0.25, 0.3) is 0 Å². The SMILES string of the molecule is CC1(C)CCC(Nc2cc(C(F)(F)F)nc(N)n2)CC1. The summed E-state index contributed by atoms with van der Waals surface area (Å²) in [6.07, 6.45) is -0.604. The Labute approximate surface area is 116 Å². The second-order valence-corrected chi connectivity index (χ2v) is 6.08. The second kappa shape index (κ2) is 5.10. The number of aromatic nitrogens is 2. The van der Waals surface area contributed by atoms with E-state index in [4.69, 9.17) is 5.73 Å². The van der Waals surface area contributed by atoms with E-state index in [1.54, 1.807) is 0 Å². The minimum absolute atomic E-state index is 0.137. The molecule has 1 aliphatic rings. The van der Waals surface area contributed by atoms with Gasteiger partial charge in [0, 0.05) is 12.1 Å². The number of nitrogens with zero attached hydrogens (tertiary/aromatic N) is 2. The van der Waals surface area contributed by atoms with Crippen molar-refractivity contribution in [2.75, 3.05) is 11.1 Å². The summed E-state index contributed by atoms with van der Waals surface area (Å²) in [5.41, 5.74) is 4.64. The zero-order chi connectivity index (χ0) is 15.0. The van der Waals surface area contributed by atoms with E-state index in [1.807, 2.05) is 0 Å². The lowest BCUT2D eigenvalue weighted by Gasteiger charge is -2.34. The van der Waals surface area contributed by atoms with E-state index in [9.17, 15) is 13.2 Å². The molecule has 2 rings (SSSR count). The minimum atomic E-state index is -4.51. The first-order valence-electron chi connectivity index (χ1n) is 6.64. The molecule has 0 atom stereocenters. The first kappa shape index (κ1) is 14.9. The van der Waals surface area contributed by atoms with E-state index in [1.165, 1.54) is 0 Å². The van der Waals surface area contributed by atoms with Gasteiger partial charge in [-0.2, -0.15) is 18.2 Å². The fraction of sp³-hybridized carbons (Fsp3) is 0.692. The summed E-state index contributed by atoms with van der Waals surface area (Å²) >= 11 is 0. The largest absolute Gasteiger partial charge is 0.433 e. The molecule has 0 aliphatic heterocycles. The summed E-state index contributed by atoms with van der Waals surface area (Å²) in [6, 6.07) is 1.05. The van der Waals surface area contributed by atoms with Crippen LogP contribution in [0.4, 0.5) is 24.9 Å². The number of alkyl halides is 3. The highest BCUT2D eigenvalue weighted by atomic mass is 19.4. The smallest absolute Gasteiger partial charge is 0.368 e. The van der Waals surface area contributed by atoms with Crippen molar-refractivity contribution in [3.05, 3.63) is 11.8 Å². The van der Waals surface area contributed by atoms with Gasteiger partial charge in [-0.1, -0.05) is 13.8 Å². The predicted molar refractivity (Wildman–Crippen MR) is 71.1 cm³/mol. The molecule has 1 aliphatic carbocycles. The number of hydrogen-bond donors (Lipinski definition) is 2. The van der Waals surface area contributed by atoms with Crippen molar-refractivity contribution in [2.24, 2.45) is 5.41 Å². The van der Waals surface area contributed by atoms with Crippen molar-refractivity contribution in [3.63, 3.8) is 0 Å². The van der Waals surface area contributed by atoms with Crippen molar-refractivity contribution in [2.45, 2.75) is 51.7 Å². The summed E-state index contributed by atoms with van der Waals surface area (Å²) in [6.45, 7) is 4.40. The summed E-state index contributed by atoms with van der Waals surface area (Å²) in [4.78, 5) is 7.06. The average molecular weight is 288 g/mol. The van der Waals surface area contributed by atoms with Crippen LogP contribution in [0, 0.1) is 5.41 Å². The molecule has 112 valence electrons. The predicted octanol–water partition coefficient (Wildman–Crippen LogP) is 3.46. The maximum absolute atomic E-state index is 12.7. The van der Waals surface area contributed by atoms with Crippen LogP contribution < -0.4 is 11.1 Å². The number of nitrogens with two attached hydrogens (primary N) is 1. The molecule has 1 saturated carbocycles.